The van der Waals surface area contributed by atoms with Crippen LogP contribution >= 0.6 is 0 Å². The molecular formula is C8H10F2. The number of halogens is 2. The molecule has 3 fully saturated rings. The maximum Gasteiger partial charge on any atom is 0.254 e. The summed E-state index contributed by atoms with van der Waals surface area (Å²) in [5, 5.41) is 0. The van der Waals surface area contributed by atoms with Crippen LogP contribution in [0, 0.1) is 23.7 Å². The third-order valence-electron chi connectivity index (χ3n) is 3.76. The highest BCUT2D eigenvalue weighted by molar-refractivity contribution is 5.17. The van der Waals surface area contributed by atoms with E-state index in [2.05, 4.69) is 0 Å². The fourth-order valence-electron chi connectivity index (χ4n) is 2.99. The second-order valence-corrected chi connectivity index (χ2v) is 4.04. The average Bonchev–Trinajstić information content (AvgIpc) is 2.10. The molecule has 0 aromatic rings. The summed E-state index contributed by atoms with van der Waals surface area (Å²) < 4.78 is 25.4. The minimum atomic E-state index is -2.23. The van der Waals surface area contributed by atoms with Gasteiger partial charge in [0.15, 0.2) is 0 Å². The fourth-order valence-corrected chi connectivity index (χ4v) is 2.99. The third-order valence-corrected chi connectivity index (χ3v) is 3.76. The molecule has 2 unspecified atom stereocenters. The first-order chi connectivity index (χ1) is 4.71. The standard InChI is InChI=1S/C8H10F2/c9-8(10)6-3-4-1-2-5(4)7(6)8/h4-7H,1-3H2/t4-,5-,6?,7?/m1/s1. The molecule has 0 heterocycles. The first-order valence-corrected chi connectivity index (χ1v) is 4.09. The van der Waals surface area contributed by atoms with Crippen LogP contribution in [0.3, 0.4) is 0 Å². The second kappa shape index (κ2) is 1.26. The van der Waals surface area contributed by atoms with Gasteiger partial charge in [-0.2, -0.15) is 0 Å². The molecule has 0 nitrogen and oxygen atoms in total. The molecule has 3 aliphatic carbocycles. The molecule has 0 N–H and O–H groups in total. The lowest BCUT2D eigenvalue weighted by molar-refractivity contribution is 0.0180. The quantitative estimate of drug-likeness (QED) is 0.489. The Morgan fingerprint density at radius 1 is 1.20 bits per heavy atom. The molecule has 0 radical (unpaired) electrons. The van der Waals surface area contributed by atoms with Crippen molar-refractivity contribution in [2.24, 2.45) is 23.7 Å². The third kappa shape index (κ3) is 0.388. The Bertz CT molecular complexity index is 186. The normalized spacial score (nSPS) is 60.6. The Morgan fingerprint density at radius 2 is 2.00 bits per heavy atom. The van der Waals surface area contributed by atoms with Gasteiger partial charge in [-0.1, -0.05) is 0 Å². The van der Waals surface area contributed by atoms with Crippen molar-refractivity contribution in [3.8, 4) is 0 Å². The van der Waals surface area contributed by atoms with E-state index < -0.39 is 5.92 Å². The minimum Gasteiger partial charge on any atom is -0.206 e. The predicted octanol–water partition coefficient (Wildman–Crippen LogP) is 2.30. The van der Waals surface area contributed by atoms with Crippen LogP contribution in [0.25, 0.3) is 0 Å². The predicted molar refractivity (Wildman–Crippen MR) is 32.8 cm³/mol. The van der Waals surface area contributed by atoms with Crippen molar-refractivity contribution in [2.75, 3.05) is 0 Å². The van der Waals surface area contributed by atoms with Crippen LogP contribution in [0.2, 0.25) is 0 Å². The Labute approximate surface area is 58.6 Å². The summed E-state index contributed by atoms with van der Waals surface area (Å²) in [6, 6.07) is 0. The topological polar surface area (TPSA) is 0 Å². The lowest BCUT2D eigenvalue weighted by Crippen LogP contribution is -2.27. The summed E-state index contributed by atoms with van der Waals surface area (Å²) in [4.78, 5) is 0. The van der Waals surface area contributed by atoms with E-state index in [9.17, 15) is 8.78 Å². The van der Waals surface area contributed by atoms with E-state index in [4.69, 9.17) is 0 Å². The van der Waals surface area contributed by atoms with E-state index in [1.807, 2.05) is 0 Å². The first-order valence-electron chi connectivity index (χ1n) is 4.09. The zero-order chi connectivity index (χ0) is 6.93. The summed E-state index contributed by atoms with van der Waals surface area (Å²) in [6.07, 6.45) is 3.15. The molecule has 0 aliphatic heterocycles. The molecule has 0 saturated heterocycles. The van der Waals surface area contributed by atoms with E-state index in [0.717, 1.165) is 12.8 Å². The summed E-state index contributed by atoms with van der Waals surface area (Å²) in [5.41, 5.74) is 0. The van der Waals surface area contributed by atoms with Gasteiger partial charge >= 0.3 is 0 Å². The molecule has 2 heteroatoms. The van der Waals surface area contributed by atoms with E-state index in [0.29, 0.717) is 11.8 Å². The lowest BCUT2D eigenvalue weighted by atomic mass is 9.73. The van der Waals surface area contributed by atoms with Crippen LogP contribution < -0.4 is 0 Å². The van der Waals surface area contributed by atoms with Gasteiger partial charge in [0, 0.05) is 11.8 Å². The summed E-state index contributed by atoms with van der Waals surface area (Å²) in [7, 11) is 0. The van der Waals surface area contributed by atoms with Crippen LogP contribution in [0.15, 0.2) is 0 Å². The maximum atomic E-state index is 12.7. The average molecular weight is 144 g/mol. The van der Waals surface area contributed by atoms with Crippen molar-refractivity contribution in [1.29, 1.82) is 0 Å². The van der Waals surface area contributed by atoms with Crippen LogP contribution in [0.4, 0.5) is 8.78 Å². The molecule has 4 atom stereocenters. The van der Waals surface area contributed by atoms with Gasteiger partial charge in [0.2, 0.25) is 0 Å². The van der Waals surface area contributed by atoms with Crippen molar-refractivity contribution in [3.63, 3.8) is 0 Å². The van der Waals surface area contributed by atoms with E-state index in [-0.39, 0.29) is 11.8 Å². The highest BCUT2D eigenvalue weighted by atomic mass is 19.3. The molecule has 3 aliphatic rings. The van der Waals surface area contributed by atoms with Gasteiger partial charge in [0.25, 0.3) is 5.92 Å². The molecule has 0 aromatic heterocycles. The second-order valence-electron chi connectivity index (χ2n) is 4.04. The molecule has 3 saturated carbocycles. The Balaban J connectivity index is 1.88. The van der Waals surface area contributed by atoms with Crippen molar-refractivity contribution >= 4 is 0 Å². The molecule has 0 amide bonds. The van der Waals surface area contributed by atoms with Crippen molar-refractivity contribution in [2.45, 2.75) is 25.2 Å². The summed E-state index contributed by atoms with van der Waals surface area (Å²) >= 11 is 0. The van der Waals surface area contributed by atoms with Gasteiger partial charge in [-0.05, 0) is 31.1 Å². The number of fused-ring (bicyclic) bond motifs is 3. The number of alkyl halides is 2. The minimum absolute atomic E-state index is 0.175. The molecule has 0 spiro atoms. The molecule has 10 heavy (non-hydrogen) atoms. The van der Waals surface area contributed by atoms with E-state index >= 15 is 0 Å². The molecular weight excluding hydrogens is 134 g/mol. The molecule has 0 bridgehead atoms. The van der Waals surface area contributed by atoms with Gasteiger partial charge in [-0.25, -0.2) is 8.78 Å². The number of hydrogen-bond acceptors (Lipinski definition) is 0. The number of hydrogen-bond donors (Lipinski definition) is 0. The lowest BCUT2D eigenvalue weighted by Gasteiger charge is -2.33. The first kappa shape index (κ1) is 5.50. The molecule has 3 rings (SSSR count). The zero-order valence-electron chi connectivity index (χ0n) is 5.69. The van der Waals surface area contributed by atoms with Gasteiger partial charge < -0.3 is 0 Å². The van der Waals surface area contributed by atoms with Gasteiger partial charge in [0.05, 0.1) is 0 Å². The Hall–Kier alpha value is -0.140. The van der Waals surface area contributed by atoms with Crippen LogP contribution in [-0.2, 0) is 0 Å². The highest BCUT2D eigenvalue weighted by Crippen LogP contribution is 2.72. The Morgan fingerprint density at radius 3 is 2.40 bits per heavy atom. The van der Waals surface area contributed by atoms with E-state index in [1.165, 1.54) is 6.42 Å². The highest BCUT2D eigenvalue weighted by Gasteiger charge is 2.76. The summed E-state index contributed by atoms with van der Waals surface area (Å²) in [6.45, 7) is 0. The van der Waals surface area contributed by atoms with Crippen LogP contribution in [0.1, 0.15) is 19.3 Å². The van der Waals surface area contributed by atoms with Gasteiger partial charge in [0.1, 0.15) is 0 Å². The van der Waals surface area contributed by atoms with Crippen molar-refractivity contribution < 1.29 is 8.78 Å². The zero-order valence-corrected chi connectivity index (χ0v) is 5.69. The van der Waals surface area contributed by atoms with Crippen LogP contribution in [0.5, 0.6) is 0 Å². The fraction of sp³-hybridized carbons (Fsp3) is 1.00. The van der Waals surface area contributed by atoms with E-state index in [1.54, 1.807) is 0 Å². The summed E-state index contributed by atoms with van der Waals surface area (Å²) in [5.74, 6) is -1.47. The monoisotopic (exact) mass is 144 g/mol. The number of rotatable bonds is 0. The van der Waals surface area contributed by atoms with Crippen LogP contribution in [-0.4, -0.2) is 5.92 Å². The van der Waals surface area contributed by atoms with Gasteiger partial charge in [-0.3, -0.25) is 0 Å². The van der Waals surface area contributed by atoms with Crippen molar-refractivity contribution in [1.82, 2.24) is 0 Å². The SMILES string of the molecule is FC1(F)C2C[C@H]3CC[C@H]3C21. The molecule has 0 aromatic carbocycles. The van der Waals surface area contributed by atoms with Crippen molar-refractivity contribution in [3.05, 3.63) is 0 Å². The molecule has 56 valence electrons. The Kier molecular flexibility index (Phi) is 0.692. The smallest absolute Gasteiger partial charge is 0.206 e. The largest absolute Gasteiger partial charge is 0.254 e. The van der Waals surface area contributed by atoms with Gasteiger partial charge in [-0.15, -0.1) is 0 Å². The maximum absolute atomic E-state index is 12.7.